The third-order valence-corrected chi connectivity index (χ3v) is 7.29. The van der Waals surface area contributed by atoms with Crippen molar-refractivity contribution in [3.8, 4) is 5.88 Å². The van der Waals surface area contributed by atoms with Crippen molar-refractivity contribution in [1.29, 1.82) is 0 Å². The highest BCUT2D eigenvalue weighted by Crippen LogP contribution is 2.28. The molecule has 1 saturated heterocycles. The zero-order chi connectivity index (χ0) is 22.3. The number of amides is 1. The van der Waals surface area contributed by atoms with Gasteiger partial charge in [-0.05, 0) is 37.1 Å². The van der Waals surface area contributed by atoms with E-state index in [0.717, 1.165) is 25.7 Å². The van der Waals surface area contributed by atoms with E-state index in [1.54, 1.807) is 19.2 Å². The average Bonchev–Trinajstić information content (AvgIpc) is 3.05. The van der Waals surface area contributed by atoms with Gasteiger partial charge in [-0.25, -0.2) is 13.4 Å². The van der Waals surface area contributed by atoms with Crippen LogP contribution in [0.15, 0.2) is 41.4 Å². The van der Waals surface area contributed by atoms with E-state index in [0.29, 0.717) is 37.9 Å². The van der Waals surface area contributed by atoms with Crippen LogP contribution in [0.4, 0.5) is 5.69 Å². The summed E-state index contributed by atoms with van der Waals surface area (Å²) >= 11 is 6.20. The molecule has 0 unspecified atom stereocenters. The van der Waals surface area contributed by atoms with Gasteiger partial charge in [-0.15, -0.1) is 0 Å². The maximum Gasteiger partial charge on any atom is 0.255 e. The summed E-state index contributed by atoms with van der Waals surface area (Å²) in [5.41, 5.74) is 0.647. The molecule has 0 atom stereocenters. The Morgan fingerprint density at radius 3 is 2.52 bits per heavy atom. The summed E-state index contributed by atoms with van der Waals surface area (Å²) < 4.78 is 38.0. The molecule has 168 valence electrons. The number of sulfonamides is 1. The molecular weight excluding hydrogens is 442 g/mol. The number of halogens is 1. The second-order valence-corrected chi connectivity index (χ2v) is 9.46. The zero-order valence-corrected chi connectivity index (χ0v) is 18.9. The highest BCUT2D eigenvalue weighted by molar-refractivity contribution is 7.89. The van der Waals surface area contributed by atoms with Crippen LogP contribution in [-0.2, 0) is 14.8 Å². The molecule has 1 N–H and O–H groups in total. The number of anilines is 1. The van der Waals surface area contributed by atoms with E-state index in [1.165, 1.54) is 28.7 Å². The fraction of sp³-hybridized carbons (Fsp3) is 0.429. The van der Waals surface area contributed by atoms with Crippen molar-refractivity contribution in [3.05, 3.63) is 47.1 Å². The molecule has 1 aromatic heterocycles. The lowest BCUT2D eigenvalue weighted by Gasteiger charge is -2.21. The third kappa shape index (κ3) is 6.16. The van der Waals surface area contributed by atoms with Gasteiger partial charge in [-0.3, -0.25) is 4.79 Å². The van der Waals surface area contributed by atoms with Crippen LogP contribution in [-0.4, -0.2) is 57.0 Å². The summed E-state index contributed by atoms with van der Waals surface area (Å²) in [5.74, 6) is -0.0498. The number of aromatic nitrogens is 1. The van der Waals surface area contributed by atoms with E-state index in [4.69, 9.17) is 21.1 Å². The molecule has 0 saturated carbocycles. The van der Waals surface area contributed by atoms with Crippen molar-refractivity contribution in [3.63, 3.8) is 0 Å². The minimum Gasteiger partial charge on any atom is -0.475 e. The Labute approximate surface area is 187 Å². The molecule has 0 aliphatic carbocycles. The number of hydrogen-bond acceptors (Lipinski definition) is 6. The second kappa shape index (κ2) is 10.9. The number of ether oxygens (including phenoxy) is 2. The minimum absolute atomic E-state index is 0.0521. The molecule has 1 amide bonds. The number of hydrogen-bond donors (Lipinski definition) is 1. The quantitative estimate of drug-likeness (QED) is 0.596. The fourth-order valence-corrected chi connectivity index (χ4v) is 5.25. The lowest BCUT2D eigenvalue weighted by atomic mass is 10.2. The van der Waals surface area contributed by atoms with Crippen molar-refractivity contribution in [2.75, 3.05) is 38.7 Å². The van der Waals surface area contributed by atoms with Crippen LogP contribution >= 0.6 is 11.6 Å². The highest BCUT2D eigenvalue weighted by Gasteiger charge is 2.28. The Hall–Kier alpha value is -2.20. The van der Waals surface area contributed by atoms with Crippen LogP contribution in [0.5, 0.6) is 5.88 Å². The van der Waals surface area contributed by atoms with Gasteiger partial charge < -0.3 is 14.8 Å². The maximum atomic E-state index is 13.1. The SMILES string of the molecule is COCCOc1ccc(NC(=O)c2ccc(Cl)c(S(=O)(=O)N3CCCCCC3)c2)cn1. The lowest BCUT2D eigenvalue weighted by molar-refractivity contribution is 0.102. The molecule has 2 aromatic rings. The highest BCUT2D eigenvalue weighted by atomic mass is 35.5. The normalized spacial score (nSPS) is 15.3. The molecule has 1 fully saturated rings. The summed E-state index contributed by atoms with van der Waals surface area (Å²) in [4.78, 5) is 16.8. The molecule has 1 aromatic carbocycles. The Morgan fingerprint density at radius 1 is 1.13 bits per heavy atom. The molecule has 1 aliphatic heterocycles. The topological polar surface area (TPSA) is 97.8 Å². The average molecular weight is 468 g/mol. The van der Waals surface area contributed by atoms with Crippen molar-refractivity contribution in [2.45, 2.75) is 30.6 Å². The van der Waals surface area contributed by atoms with E-state index in [2.05, 4.69) is 10.3 Å². The first-order valence-electron chi connectivity index (χ1n) is 10.1. The molecule has 1 aliphatic rings. The Kier molecular flexibility index (Phi) is 8.25. The number of methoxy groups -OCH3 is 1. The first kappa shape index (κ1) is 23.5. The number of benzene rings is 1. The van der Waals surface area contributed by atoms with Gasteiger partial charge in [0.1, 0.15) is 11.5 Å². The van der Waals surface area contributed by atoms with Gasteiger partial charge in [0.05, 0.1) is 23.5 Å². The van der Waals surface area contributed by atoms with E-state index in [9.17, 15) is 13.2 Å². The van der Waals surface area contributed by atoms with Crippen molar-refractivity contribution >= 4 is 33.2 Å². The predicted octanol–water partition coefficient (Wildman–Crippen LogP) is 3.58. The van der Waals surface area contributed by atoms with Crippen LogP contribution in [0.1, 0.15) is 36.0 Å². The van der Waals surface area contributed by atoms with Gasteiger partial charge in [0, 0.05) is 31.8 Å². The van der Waals surface area contributed by atoms with Crippen molar-refractivity contribution in [2.24, 2.45) is 0 Å². The maximum absolute atomic E-state index is 13.1. The molecule has 0 spiro atoms. The van der Waals surface area contributed by atoms with Crippen LogP contribution in [0.2, 0.25) is 5.02 Å². The fourth-order valence-electron chi connectivity index (χ4n) is 3.24. The molecule has 10 heteroatoms. The summed E-state index contributed by atoms with van der Waals surface area (Å²) in [6.45, 7) is 1.73. The number of carbonyl (C=O) groups is 1. The number of carbonyl (C=O) groups excluding carboxylic acids is 1. The van der Waals surface area contributed by atoms with E-state index in [1.807, 2.05) is 0 Å². The standard InChI is InChI=1S/C21H26ClN3O5S/c1-29-12-13-30-20-9-7-17(15-23-20)24-21(26)16-6-8-18(22)19(14-16)31(27,28)25-10-4-2-3-5-11-25/h6-9,14-15H,2-5,10-13H2,1H3,(H,24,26). The summed E-state index contributed by atoms with van der Waals surface area (Å²) in [6, 6.07) is 7.54. The van der Waals surface area contributed by atoms with Crippen LogP contribution in [0, 0.1) is 0 Å². The largest absolute Gasteiger partial charge is 0.475 e. The third-order valence-electron chi connectivity index (χ3n) is 4.91. The van der Waals surface area contributed by atoms with Gasteiger partial charge in [0.2, 0.25) is 15.9 Å². The van der Waals surface area contributed by atoms with E-state index >= 15 is 0 Å². The van der Waals surface area contributed by atoms with Gasteiger partial charge in [0.15, 0.2) is 0 Å². The molecule has 31 heavy (non-hydrogen) atoms. The van der Waals surface area contributed by atoms with E-state index in [-0.39, 0.29) is 15.5 Å². The second-order valence-electron chi connectivity index (χ2n) is 7.14. The first-order chi connectivity index (χ1) is 14.9. The van der Waals surface area contributed by atoms with Crippen LogP contribution in [0.25, 0.3) is 0 Å². The number of rotatable bonds is 8. The molecule has 3 rings (SSSR count). The zero-order valence-electron chi connectivity index (χ0n) is 17.3. The molecule has 2 heterocycles. The summed E-state index contributed by atoms with van der Waals surface area (Å²) in [5, 5.41) is 2.80. The van der Waals surface area contributed by atoms with Crippen LogP contribution in [0.3, 0.4) is 0 Å². The molecule has 0 radical (unpaired) electrons. The first-order valence-corrected chi connectivity index (χ1v) is 11.9. The molecule has 0 bridgehead atoms. The van der Waals surface area contributed by atoms with Crippen molar-refractivity contribution in [1.82, 2.24) is 9.29 Å². The predicted molar refractivity (Wildman–Crippen MR) is 118 cm³/mol. The van der Waals surface area contributed by atoms with Crippen molar-refractivity contribution < 1.29 is 22.7 Å². The molecule has 8 nitrogen and oxygen atoms in total. The van der Waals surface area contributed by atoms with Crippen LogP contribution < -0.4 is 10.1 Å². The van der Waals surface area contributed by atoms with Gasteiger partial charge in [-0.1, -0.05) is 24.4 Å². The van der Waals surface area contributed by atoms with E-state index < -0.39 is 15.9 Å². The number of pyridine rings is 1. The lowest BCUT2D eigenvalue weighted by Crippen LogP contribution is -2.32. The number of nitrogens with zero attached hydrogens (tertiary/aromatic N) is 2. The minimum atomic E-state index is -3.78. The molecular formula is C21H26ClN3O5S. The Bertz CT molecular complexity index is 991. The van der Waals surface area contributed by atoms with Gasteiger partial charge >= 0.3 is 0 Å². The summed E-state index contributed by atoms with van der Waals surface area (Å²) in [7, 11) is -2.20. The smallest absolute Gasteiger partial charge is 0.255 e. The monoisotopic (exact) mass is 467 g/mol. The number of nitrogens with one attached hydrogen (secondary N) is 1. The van der Waals surface area contributed by atoms with Gasteiger partial charge in [-0.2, -0.15) is 4.31 Å². The summed E-state index contributed by atoms with van der Waals surface area (Å²) in [6.07, 6.45) is 5.11. The Morgan fingerprint density at radius 2 is 1.87 bits per heavy atom. The van der Waals surface area contributed by atoms with Gasteiger partial charge in [0.25, 0.3) is 5.91 Å². The Balaban J connectivity index is 1.73.